The Hall–Kier alpha value is -4.04. The molecule has 0 saturated heterocycles. The van der Waals surface area contributed by atoms with Crippen molar-refractivity contribution in [2.45, 2.75) is 17.8 Å². The summed E-state index contributed by atoms with van der Waals surface area (Å²) in [5.74, 6) is 3.38. The molecule has 0 bridgehead atoms. The summed E-state index contributed by atoms with van der Waals surface area (Å²) in [7, 11) is 3.30. The topological polar surface area (TPSA) is 75.2 Å². The van der Waals surface area contributed by atoms with Crippen LogP contribution >= 0.6 is 11.8 Å². The number of nitrogens with zero attached hydrogens (tertiary/aromatic N) is 4. The standard InChI is InChI=1S/C27H24N4O3S/c1-18-8-10-19(11-9-18)26-28-20(16-34-26)17-35-27-30-29-25(23-6-4-5-7-24(23)33-3)31(27)21-12-14-22(32-2)15-13-21/h4-16H,17H2,1-3H3. The van der Waals surface area contributed by atoms with Crippen molar-refractivity contribution in [1.29, 1.82) is 0 Å². The smallest absolute Gasteiger partial charge is 0.226 e. The number of hydrogen-bond acceptors (Lipinski definition) is 7. The molecule has 35 heavy (non-hydrogen) atoms. The molecule has 0 aliphatic carbocycles. The van der Waals surface area contributed by atoms with E-state index in [9.17, 15) is 0 Å². The first-order chi connectivity index (χ1) is 17.2. The third-order valence-corrected chi connectivity index (χ3v) is 6.47. The predicted octanol–water partition coefficient (Wildman–Crippen LogP) is 6.21. The van der Waals surface area contributed by atoms with Crippen LogP contribution in [0.15, 0.2) is 88.6 Å². The molecule has 0 aliphatic heterocycles. The van der Waals surface area contributed by atoms with Gasteiger partial charge in [-0.15, -0.1) is 10.2 Å². The molecular weight excluding hydrogens is 460 g/mol. The summed E-state index contributed by atoms with van der Waals surface area (Å²) in [5.41, 5.74) is 4.74. The molecule has 3 aromatic carbocycles. The Labute approximate surface area is 207 Å². The third-order valence-electron chi connectivity index (χ3n) is 5.51. The van der Waals surface area contributed by atoms with Crippen LogP contribution in [0, 0.1) is 6.92 Å². The Kier molecular flexibility index (Phi) is 6.54. The maximum atomic E-state index is 5.73. The van der Waals surface area contributed by atoms with Gasteiger partial charge in [0.1, 0.15) is 17.8 Å². The molecule has 0 fully saturated rings. The highest BCUT2D eigenvalue weighted by molar-refractivity contribution is 7.98. The number of oxazole rings is 1. The molecule has 8 heteroatoms. The fraction of sp³-hybridized carbons (Fsp3) is 0.148. The van der Waals surface area contributed by atoms with Gasteiger partial charge in [0.15, 0.2) is 11.0 Å². The monoisotopic (exact) mass is 484 g/mol. The second-order valence-electron chi connectivity index (χ2n) is 7.84. The van der Waals surface area contributed by atoms with Crippen LogP contribution < -0.4 is 9.47 Å². The molecule has 0 spiro atoms. The van der Waals surface area contributed by atoms with Crippen LogP contribution in [0.3, 0.4) is 0 Å². The number of para-hydroxylation sites is 1. The van der Waals surface area contributed by atoms with Gasteiger partial charge in [0.2, 0.25) is 5.89 Å². The van der Waals surface area contributed by atoms with E-state index in [4.69, 9.17) is 13.9 Å². The Morgan fingerprint density at radius 2 is 1.66 bits per heavy atom. The molecule has 7 nitrogen and oxygen atoms in total. The fourth-order valence-electron chi connectivity index (χ4n) is 3.67. The van der Waals surface area contributed by atoms with Crippen molar-refractivity contribution in [2.24, 2.45) is 0 Å². The molecule has 0 unspecified atom stereocenters. The van der Waals surface area contributed by atoms with Gasteiger partial charge in [-0.25, -0.2) is 4.98 Å². The van der Waals surface area contributed by atoms with Gasteiger partial charge in [-0.1, -0.05) is 41.6 Å². The van der Waals surface area contributed by atoms with E-state index in [2.05, 4.69) is 22.1 Å². The average Bonchev–Trinajstić information content (AvgIpc) is 3.55. The molecule has 176 valence electrons. The van der Waals surface area contributed by atoms with E-state index in [1.165, 1.54) is 17.3 Å². The molecule has 2 aromatic heterocycles. The highest BCUT2D eigenvalue weighted by Gasteiger charge is 2.20. The second-order valence-corrected chi connectivity index (χ2v) is 8.78. The average molecular weight is 485 g/mol. The number of thioether (sulfide) groups is 1. The molecule has 2 heterocycles. The third kappa shape index (κ3) is 4.79. The van der Waals surface area contributed by atoms with Crippen LogP contribution in [0.25, 0.3) is 28.5 Å². The van der Waals surface area contributed by atoms with Crippen LogP contribution in [-0.4, -0.2) is 34.0 Å². The summed E-state index contributed by atoms with van der Waals surface area (Å²) in [5, 5.41) is 9.76. The maximum Gasteiger partial charge on any atom is 0.226 e. The minimum Gasteiger partial charge on any atom is -0.497 e. The quantitative estimate of drug-likeness (QED) is 0.242. The molecular formula is C27H24N4O3S. The van der Waals surface area contributed by atoms with Gasteiger partial charge in [-0.2, -0.15) is 0 Å². The van der Waals surface area contributed by atoms with Gasteiger partial charge in [0, 0.05) is 11.3 Å². The lowest BCUT2D eigenvalue weighted by Crippen LogP contribution is -2.01. The van der Waals surface area contributed by atoms with Gasteiger partial charge in [-0.05, 0) is 55.5 Å². The zero-order valence-corrected chi connectivity index (χ0v) is 20.5. The highest BCUT2D eigenvalue weighted by atomic mass is 32.2. The van der Waals surface area contributed by atoms with Crippen molar-refractivity contribution in [2.75, 3.05) is 14.2 Å². The number of rotatable bonds is 8. The minimum atomic E-state index is 0.579. The summed E-state index contributed by atoms with van der Waals surface area (Å²) in [4.78, 5) is 4.66. The summed E-state index contributed by atoms with van der Waals surface area (Å²) < 4.78 is 18.7. The summed E-state index contributed by atoms with van der Waals surface area (Å²) in [6.07, 6.45) is 1.69. The first kappa shape index (κ1) is 22.7. The summed E-state index contributed by atoms with van der Waals surface area (Å²) >= 11 is 1.54. The normalized spacial score (nSPS) is 10.9. The molecule has 5 aromatic rings. The predicted molar refractivity (Wildman–Crippen MR) is 136 cm³/mol. The number of aryl methyl sites for hydroxylation is 1. The molecule has 0 N–H and O–H groups in total. The molecule has 5 rings (SSSR count). The molecule has 0 atom stereocenters. The van der Waals surface area contributed by atoms with Crippen molar-refractivity contribution in [3.05, 3.63) is 90.3 Å². The zero-order chi connectivity index (χ0) is 24.2. The Bertz CT molecular complexity index is 1430. The second kappa shape index (κ2) is 10.1. The van der Waals surface area contributed by atoms with E-state index in [0.717, 1.165) is 39.2 Å². The Morgan fingerprint density at radius 1 is 0.886 bits per heavy atom. The Balaban J connectivity index is 1.47. The highest BCUT2D eigenvalue weighted by Crippen LogP contribution is 2.34. The molecule has 0 saturated carbocycles. The van der Waals surface area contributed by atoms with Gasteiger partial charge in [0.25, 0.3) is 0 Å². The molecule has 0 radical (unpaired) electrons. The van der Waals surface area contributed by atoms with E-state index in [-0.39, 0.29) is 0 Å². The van der Waals surface area contributed by atoms with Crippen molar-refractivity contribution < 1.29 is 13.9 Å². The van der Waals surface area contributed by atoms with Crippen LogP contribution in [0.4, 0.5) is 0 Å². The summed E-state index contributed by atoms with van der Waals surface area (Å²) in [6.45, 7) is 2.06. The van der Waals surface area contributed by atoms with E-state index in [1.54, 1.807) is 20.5 Å². The largest absolute Gasteiger partial charge is 0.497 e. The lowest BCUT2D eigenvalue weighted by molar-refractivity contribution is 0.414. The molecule has 0 aliphatic rings. The van der Waals surface area contributed by atoms with E-state index in [0.29, 0.717) is 17.5 Å². The maximum absolute atomic E-state index is 5.73. The van der Waals surface area contributed by atoms with E-state index < -0.39 is 0 Å². The first-order valence-corrected chi connectivity index (χ1v) is 12.0. The first-order valence-electron chi connectivity index (χ1n) is 11.0. The van der Waals surface area contributed by atoms with Gasteiger partial charge in [-0.3, -0.25) is 4.57 Å². The van der Waals surface area contributed by atoms with E-state index in [1.807, 2.05) is 77.4 Å². The van der Waals surface area contributed by atoms with Gasteiger partial charge < -0.3 is 13.9 Å². The van der Waals surface area contributed by atoms with Crippen molar-refractivity contribution in [3.63, 3.8) is 0 Å². The zero-order valence-electron chi connectivity index (χ0n) is 19.6. The lowest BCUT2D eigenvalue weighted by Gasteiger charge is -2.12. The fourth-order valence-corrected chi connectivity index (χ4v) is 4.50. The summed E-state index contributed by atoms with van der Waals surface area (Å²) in [6, 6.07) is 23.7. The van der Waals surface area contributed by atoms with Crippen LogP contribution in [0.5, 0.6) is 11.5 Å². The number of ether oxygens (including phenoxy) is 2. The number of benzene rings is 3. The number of hydrogen-bond donors (Lipinski definition) is 0. The van der Waals surface area contributed by atoms with Crippen LogP contribution in [-0.2, 0) is 5.75 Å². The Morgan fingerprint density at radius 3 is 2.40 bits per heavy atom. The SMILES string of the molecule is COc1ccc(-n2c(SCc3coc(-c4ccc(C)cc4)n3)nnc2-c2ccccc2OC)cc1. The van der Waals surface area contributed by atoms with Gasteiger partial charge in [0.05, 0.1) is 31.2 Å². The van der Waals surface area contributed by atoms with Crippen LogP contribution in [0.2, 0.25) is 0 Å². The van der Waals surface area contributed by atoms with Crippen molar-refractivity contribution in [3.8, 4) is 40.0 Å². The number of aromatic nitrogens is 4. The van der Waals surface area contributed by atoms with Crippen LogP contribution in [0.1, 0.15) is 11.3 Å². The molecule has 0 amide bonds. The van der Waals surface area contributed by atoms with Crippen molar-refractivity contribution >= 4 is 11.8 Å². The van der Waals surface area contributed by atoms with Crippen molar-refractivity contribution in [1.82, 2.24) is 19.7 Å². The number of methoxy groups -OCH3 is 2. The van der Waals surface area contributed by atoms with E-state index >= 15 is 0 Å². The van der Waals surface area contributed by atoms with Gasteiger partial charge >= 0.3 is 0 Å². The minimum absolute atomic E-state index is 0.579. The lowest BCUT2D eigenvalue weighted by atomic mass is 10.1.